The van der Waals surface area contributed by atoms with Gasteiger partial charge in [-0.1, -0.05) is 38.0 Å². The van der Waals surface area contributed by atoms with Crippen molar-refractivity contribution in [1.82, 2.24) is 10.3 Å². The van der Waals surface area contributed by atoms with Crippen LogP contribution in [0.1, 0.15) is 44.2 Å². The Labute approximate surface area is 115 Å². The molecule has 1 heterocycles. The molecule has 1 saturated carbocycles. The molecule has 0 radical (unpaired) electrons. The molecule has 0 bridgehead atoms. The molecule has 1 aromatic heterocycles. The standard InChI is InChI=1S/C17H22N2/c1-2-19-17(14-6-3-4-7-14)15-9-5-8-13-10-11-18-12-16(13)15/h5,8-12,14,17,19H,2-4,6-7H2,1H3. The van der Waals surface area contributed by atoms with E-state index in [-0.39, 0.29) is 0 Å². The van der Waals surface area contributed by atoms with E-state index in [1.807, 2.05) is 12.4 Å². The quantitative estimate of drug-likeness (QED) is 0.889. The Balaban J connectivity index is 2.03. The molecule has 0 spiro atoms. The van der Waals surface area contributed by atoms with E-state index < -0.39 is 0 Å². The van der Waals surface area contributed by atoms with Crippen LogP contribution in [-0.2, 0) is 0 Å². The van der Waals surface area contributed by atoms with E-state index in [0.717, 1.165) is 12.5 Å². The first-order chi connectivity index (χ1) is 9.40. The maximum atomic E-state index is 4.31. The van der Waals surface area contributed by atoms with Gasteiger partial charge in [-0.25, -0.2) is 0 Å². The third-order valence-corrected chi connectivity index (χ3v) is 4.35. The van der Waals surface area contributed by atoms with Crippen molar-refractivity contribution in [1.29, 1.82) is 0 Å². The fourth-order valence-corrected chi connectivity index (χ4v) is 3.45. The molecule has 2 nitrogen and oxygen atoms in total. The van der Waals surface area contributed by atoms with Crippen molar-refractivity contribution in [3.8, 4) is 0 Å². The van der Waals surface area contributed by atoms with Crippen LogP contribution < -0.4 is 5.32 Å². The molecule has 2 heteroatoms. The summed E-state index contributed by atoms with van der Waals surface area (Å²) in [7, 11) is 0. The zero-order valence-corrected chi connectivity index (χ0v) is 11.6. The highest BCUT2D eigenvalue weighted by atomic mass is 14.9. The predicted molar refractivity (Wildman–Crippen MR) is 80.1 cm³/mol. The molecular formula is C17H22N2. The van der Waals surface area contributed by atoms with Gasteiger partial charge in [0.2, 0.25) is 0 Å². The fraction of sp³-hybridized carbons (Fsp3) is 0.471. The zero-order chi connectivity index (χ0) is 13.1. The first-order valence-electron chi connectivity index (χ1n) is 7.46. The summed E-state index contributed by atoms with van der Waals surface area (Å²) in [6, 6.07) is 9.22. The lowest BCUT2D eigenvalue weighted by atomic mass is 9.89. The van der Waals surface area contributed by atoms with Gasteiger partial charge in [-0.05, 0) is 42.3 Å². The summed E-state index contributed by atoms with van der Waals surface area (Å²) in [5.74, 6) is 0.783. The minimum atomic E-state index is 0.486. The first kappa shape index (κ1) is 12.6. The van der Waals surface area contributed by atoms with Gasteiger partial charge in [0, 0.05) is 23.8 Å². The third-order valence-electron chi connectivity index (χ3n) is 4.35. The smallest absolute Gasteiger partial charge is 0.0355 e. The highest BCUT2D eigenvalue weighted by Gasteiger charge is 2.26. The van der Waals surface area contributed by atoms with E-state index in [9.17, 15) is 0 Å². The van der Waals surface area contributed by atoms with Crippen LogP contribution in [0.5, 0.6) is 0 Å². The van der Waals surface area contributed by atoms with Crippen molar-refractivity contribution in [2.45, 2.75) is 38.6 Å². The van der Waals surface area contributed by atoms with Crippen molar-refractivity contribution < 1.29 is 0 Å². The lowest BCUT2D eigenvalue weighted by Crippen LogP contribution is -2.27. The van der Waals surface area contributed by atoms with E-state index in [1.54, 1.807) is 0 Å². The van der Waals surface area contributed by atoms with Crippen LogP contribution in [0.2, 0.25) is 0 Å². The first-order valence-corrected chi connectivity index (χ1v) is 7.46. The second-order valence-corrected chi connectivity index (χ2v) is 5.52. The van der Waals surface area contributed by atoms with Crippen molar-refractivity contribution in [2.24, 2.45) is 5.92 Å². The average Bonchev–Trinajstić information content (AvgIpc) is 2.98. The van der Waals surface area contributed by atoms with Gasteiger partial charge in [-0.2, -0.15) is 0 Å². The molecule has 2 aromatic rings. The summed E-state index contributed by atoms with van der Waals surface area (Å²) in [6.45, 7) is 3.23. The molecule has 0 saturated heterocycles. The predicted octanol–water partition coefficient (Wildman–Crippen LogP) is 4.08. The Kier molecular flexibility index (Phi) is 3.79. The molecule has 1 aliphatic rings. The molecule has 0 aliphatic heterocycles. The fourth-order valence-electron chi connectivity index (χ4n) is 3.45. The van der Waals surface area contributed by atoms with E-state index in [1.165, 1.54) is 42.0 Å². The Morgan fingerprint density at radius 3 is 2.89 bits per heavy atom. The minimum absolute atomic E-state index is 0.486. The number of aromatic nitrogens is 1. The second kappa shape index (κ2) is 5.70. The normalized spacial score (nSPS) is 17.9. The van der Waals surface area contributed by atoms with Crippen LogP contribution in [0.25, 0.3) is 10.8 Å². The summed E-state index contributed by atoms with van der Waals surface area (Å²) >= 11 is 0. The summed E-state index contributed by atoms with van der Waals surface area (Å²) in [5, 5.41) is 6.31. The number of hydrogen-bond acceptors (Lipinski definition) is 2. The SMILES string of the molecule is CCNC(c1cccc2ccncc12)C1CCCC1. The molecular weight excluding hydrogens is 232 g/mol. The van der Waals surface area contributed by atoms with E-state index in [4.69, 9.17) is 0 Å². The maximum Gasteiger partial charge on any atom is 0.0355 e. The number of benzene rings is 1. The summed E-state index contributed by atoms with van der Waals surface area (Å²) in [4.78, 5) is 4.31. The number of fused-ring (bicyclic) bond motifs is 1. The van der Waals surface area contributed by atoms with Crippen molar-refractivity contribution in [3.63, 3.8) is 0 Å². The molecule has 100 valence electrons. The highest BCUT2D eigenvalue weighted by Crippen LogP contribution is 2.37. The Hall–Kier alpha value is -1.41. The molecule has 1 aromatic carbocycles. The third kappa shape index (κ3) is 2.50. The molecule has 1 N–H and O–H groups in total. The van der Waals surface area contributed by atoms with E-state index >= 15 is 0 Å². The molecule has 3 rings (SSSR count). The van der Waals surface area contributed by atoms with Crippen LogP contribution in [-0.4, -0.2) is 11.5 Å². The van der Waals surface area contributed by atoms with Gasteiger partial charge in [-0.15, -0.1) is 0 Å². The number of nitrogens with zero attached hydrogens (tertiary/aromatic N) is 1. The topological polar surface area (TPSA) is 24.9 Å². The average molecular weight is 254 g/mol. The van der Waals surface area contributed by atoms with Crippen LogP contribution >= 0.6 is 0 Å². The minimum Gasteiger partial charge on any atom is -0.310 e. The molecule has 1 fully saturated rings. The number of nitrogens with one attached hydrogen (secondary N) is 1. The number of hydrogen-bond donors (Lipinski definition) is 1. The van der Waals surface area contributed by atoms with Gasteiger partial charge < -0.3 is 5.32 Å². The zero-order valence-electron chi connectivity index (χ0n) is 11.6. The summed E-state index contributed by atoms with van der Waals surface area (Å²) in [6.07, 6.45) is 9.38. The Bertz CT molecular complexity index is 538. The van der Waals surface area contributed by atoms with Crippen molar-refractivity contribution >= 4 is 10.8 Å². The lowest BCUT2D eigenvalue weighted by molar-refractivity contribution is 0.376. The number of rotatable bonds is 4. The van der Waals surface area contributed by atoms with Gasteiger partial charge >= 0.3 is 0 Å². The lowest BCUT2D eigenvalue weighted by Gasteiger charge is -2.26. The van der Waals surface area contributed by atoms with Crippen molar-refractivity contribution in [3.05, 3.63) is 42.2 Å². The van der Waals surface area contributed by atoms with Crippen LogP contribution in [0.3, 0.4) is 0 Å². The molecule has 1 unspecified atom stereocenters. The highest BCUT2D eigenvalue weighted by molar-refractivity contribution is 5.85. The summed E-state index contributed by atoms with van der Waals surface area (Å²) in [5.41, 5.74) is 1.43. The van der Waals surface area contributed by atoms with Crippen LogP contribution in [0.15, 0.2) is 36.7 Å². The molecule has 1 aliphatic carbocycles. The van der Waals surface area contributed by atoms with Gasteiger partial charge in [0.15, 0.2) is 0 Å². The molecule has 0 amide bonds. The second-order valence-electron chi connectivity index (χ2n) is 5.52. The van der Waals surface area contributed by atoms with Crippen LogP contribution in [0, 0.1) is 5.92 Å². The molecule has 19 heavy (non-hydrogen) atoms. The Morgan fingerprint density at radius 2 is 2.11 bits per heavy atom. The molecule has 1 atom stereocenters. The van der Waals surface area contributed by atoms with Crippen molar-refractivity contribution in [2.75, 3.05) is 6.54 Å². The van der Waals surface area contributed by atoms with E-state index in [2.05, 4.69) is 41.5 Å². The largest absolute Gasteiger partial charge is 0.310 e. The maximum absolute atomic E-state index is 4.31. The van der Waals surface area contributed by atoms with Gasteiger partial charge in [-0.3, -0.25) is 4.98 Å². The van der Waals surface area contributed by atoms with E-state index in [0.29, 0.717) is 6.04 Å². The summed E-state index contributed by atoms with van der Waals surface area (Å²) < 4.78 is 0. The van der Waals surface area contributed by atoms with Gasteiger partial charge in [0.1, 0.15) is 0 Å². The monoisotopic (exact) mass is 254 g/mol. The van der Waals surface area contributed by atoms with Crippen LogP contribution in [0.4, 0.5) is 0 Å². The van der Waals surface area contributed by atoms with Gasteiger partial charge in [0.05, 0.1) is 0 Å². The Morgan fingerprint density at radius 1 is 1.26 bits per heavy atom. The van der Waals surface area contributed by atoms with Gasteiger partial charge in [0.25, 0.3) is 0 Å². The number of pyridine rings is 1.